The van der Waals surface area contributed by atoms with Gasteiger partial charge in [-0.1, -0.05) is 23.4 Å². The third kappa shape index (κ3) is 4.22. The lowest BCUT2D eigenvalue weighted by molar-refractivity contribution is -0.117. The van der Waals surface area contributed by atoms with E-state index in [4.69, 9.17) is 4.74 Å². The Bertz CT molecular complexity index is 941. The molecule has 3 aromatic rings. The predicted octanol–water partition coefficient (Wildman–Crippen LogP) is 2.50. The number of amides is 1. The van der Waals surface area contributed by atoms with Crippen molar-refractivity contribution in [3.8, 4) is 11.5 Å². The maximum absolute atomic E-state index is 13.0. The Hall–Kier alpha value is -3.42. The number of methoxy groups -OCH3 is 1. The summed E-state index contributed by atoms with van der Waals surface area (Å²) in [5, 5.41) is 26.7. The molecule has 3 rings (SSSR count). The normalized spacial score (nSPS) is 11.8. The van der Waals surface area contributed by atoms with Gasteiger partial charge in [0.05, 0.1) is 7.11 Å². The van der Waals surface area contributed by atoms with Crippen molar-refractivity contribution in [1.29, 1.82) is 0 Å². The summed E-state index contributed by atoms with van der Waals surface area (Å²) in [6.45, 7) is 3.90. The number of tetrazole rings is 1. The number of rotatable bonds is 6. The molecule has 27 heavy (non-hydrogen) atoms. The van der Waals surface area contributed by atoms with Gasteiger partial charge < -0.3 is 15.2 Å². The van der Waals surface area contributed by atoms with Crippen LogP contribution >= 0.6 is 0 Å². The summed E-state index contributed by atoms with van der Waals surface area (Å²) in [5.74, 6) is -0.216. The van der Waals surface area contributed by atoms with E-state index >= 15 is 0 Å². The van der Waals surface area contributed by atoms with Gasteiger partial charge in [-0.05, 0) is 55.2 Å². The first-order valence-electron chi connectivity index (χ1n) is 8.45. The number of hydrogen-bond donors (Lipinski definition) is 3. The van der Waals surface area contributed by atoms with Crippen molar-refractivity contribution in [1.82, 2.24) is 20.6 Å². The average Bonchev–Trinajstić information content (AvgIpc) is 3.18. The van der Waals surface area contributed by atoms with Crippen LogP contribution in [0.2, 0.25) is 0 Å². The summed E-state index contributed by atoms with van der Waals surface area (Å²) in [5.41, 5.74) is 3.56. The van der Waals surface area contributed by atoms with E-state index in [0.717, 1.165) is 22.4 Å². The van der Waals surface area contributed by atoms with E-state index in [1.54, 1.807) is 12.1 Å². The van der Waals surface area contributed by atoms with Gasteiger partial charge in [0.2, 0.25) is 5.91 Å². The van der Waals surface area contributed by atoms with Crippen molar-refractivity contribution in [3.63, 3.8) is 0 Å². The molecular formula is C19H21N5O3. The molecule has 8 nitrogen and oxygen atoms in total. The third-order valence-corrected chi connectivity index (χ3v) is 4.32. The predicted molar refractivity (Wildman–Crippen MR) is 99.8 cm³/mol. The zero-order valence-electron chi connectivity index (χ0n) is 15.4. The molecule has 8 heteroatoms. The summed E-state index contributed by atoms with van der Waals surface area (Å²) < 4.78 is 5.14. The van der Waals surface area contributed by atoms with Crippen LogP contribution in [-0.4, -0.2) is 38.7 Å². The molecule has 1 aromatic heterocycles. The molecule has 140 valence electrons. The number of carbonyl (C=O) groups excluding carboxylic acids is 1. The number of phenols is 1. The molecule has 1 heterocycles. The highest BCUT2D eigenvalue weighted by atomic mass is 16.5. The van der Waals surface area contributed by atoms with E-state index in [2.05, 4.69) is 25.9 Å². The van der Waals surface area contributed by atoms with Crippen molar-refractivity contribution in [2.45, 2.75) is 26.2 Å². The van der Waals surface area contributed by atoms with Crippen molar-refractivity contribution >= 4 is 11.6 Å². The minimum Gasteiger partial charge on any atom is -0.504 e. The zero-order chi connectivity index (χ0) is 19.4. The van der Waals surface area contributed by atoms with Crippen LogP contribution in [0.15, 0.2) is 36.4 Å². The summed E-state index contributed by atoms with van der Waals surface area (Å²) in [6, 6.07) is 10.8. The van der Waals surface area contributed by atoms with Crippen LogP contribution in [0.4, 0.5) is 5.69 Å². The molecule has 2 aromatic carbocycles. The number of nitrogens with one attached hydrogen (secondary N) is 2. The Kier molecular flexibility index (Phi) is 5.35. The quantitative estimate of drug-likeness (QED) is 0.617. The summed E-state index contributed by atoms with van der Waals surface area (Å²) in [6.07, 6.45) is 0.326. The molecule has 0 aliphatic heterocycles. The molecule has 0 spiro atoms. The van der Waals surface area contributed by atoms with Gasteiger partial charge in [-0.2, -0.15) is 5.21 Å². The van der Waals surface area contributed by atoms with Gasteiger partial charge in [-0.25, -0.2) is 0 Å². The van der Waals surface area contributed by atoms with E-state index in [1.807, 2.05) is 32.0 Å². The second-order valence-corrected chi connectivity index (χ2v) is 6.34. The van der Waals surface area contributed by atoms with E-state index in [1.165, 1.54) is 13.2 Å². The fourth-order valence-electron chi connectivity index (χ4n) is 2.79. The monoisotopic (exact) mass is 367 g/mol. The van der Waals surface area contributed by atoms with Crippen LogP contribution in [0.5, 0.6) is 11.5 Å². The topological polar surface area (TPSA) is 113 Å². The first-order chi connectivity index (χ1) is 13.0. The van der Waals surface area contributed by atoms with Crippen LogP contribution in [-0.2, 0) is 11.2 Å². The van der Waals surface area contributed by atoms with E-state index in [9.17, 15) is 9.90 Å². The van der Waals surface area contributed by atoms with Crippen molar-refractivity contribution in [3.05, 3.63) is 58.9 Å². The van der Waals surface area contributed by atoms with Gasteiger partial charge in [0.25, 0.3) is 0 Å². The van der Waals surface area contributed by atoms with Crippen LogP contribution in [0.3, 0.4) is 0 Å². The third-order valence-electron chi connectivity index (χ3n) is 4.32. The van der Waals surface area contributed by atoms with E-state index in [-0.39, 0.29) is 11.7 Å². The minimum absolute atomic E-state index is 0.0391. The number of nitrogens with zero attached hydrogens (tertiary/aromatic N) is 3. The van der Waals surface area contributed by atoms with Crippen molar-refractivity contribution in [2.24, 2.45) is 0 Å². The van der Waals surface area contributed by atoms with Crippen molar-refractivity contribution < 1.29 is 14.6 Å². The van der Waals surface area contributed by atoms with Crippen LogP contribution in [0, 0.1) is 13.8 Å². The fourth-order valence-corrected chi connectivity index (χ4v) is 2.79. The molecular weight excluding hydrogens is 346 g/mol. The van der Waals surface area contributed by atoms with E-state index < -0.39 is 5.92 Å². The lowest BCUT2D eigenvalue weighted by atomic mass is 9.97. The number of H-pyrrole nitrogens is 1. The maximum Gasteiger partial charge on any atom is 0.235 e. The fraction of sp³-hybridized carbons (Fsp3) is 0.263. The molecule has 1 amide bonds. The number of ether oxygens (including phenoxy) is 1. The molecule has 0 fully saturated rings. The highest BCUT2D eigenvalue weighted by molar-refractivity contribution is 5.96. The van der Waals surface area contributed by atoms with Gasteiger partial charge in [0, 0.05) is 5.69 Å². The summed E-state index contributed by atoms with van der Waals surface area (Å²) in [7, 11) is 1.47. The molecule has 0 aliphatic rings. The lowest BCUT2D eigenvalue weighted by Gasteiger charge is -2.16. The first kappa shape index (κ1) is 18.4. The molecule has 0 radical (unpaired) electrons. The second-order valence-electron chi connectivity index (χ2n) is 6.34. The standard InChI is InChI=1S/C19H21N5O3/c1-11-4-5-12(2)15(8-11)20-19(26)14(18-21-23-24-22-18)9-13-6-7-16(25)17(10-13)27-3/h4-8,10,14,25H,9H2,1-3H3,(H,20,26)(H,21,22,23,24). The van der Waals surface area contributed by atoms with Gasteiger partial charge in [-0.15, -0.1) is 10.2 Å². The van der Waals surface area contributed by atoms with Crippen molar-refractivity contribution in [2.75, 3.05) is 12.4 Å². The van der Waals surface area contributed by atoms with Crippen LogP contribution < -0.4 is 10.1 Å². The highest BCUT2D eigenvalue weighted by Crippen LogP contribution is 2.29. The molecule has 1 atom stereocenters. The van der Waals surface area contributed by atoms with Gasteiger partial charge in [0.1, 0.15) is 5.92 Å². The lowest BCUT2D eigenvalue weighted by Crippen LogP contribution is -2.24. The number of aromatic amines is 1. The SMILES string of the molecule is COc1cc(CC(C(=O)Nc2cc(C)ccc2C)c2nn[nH]n2)ccc1O. The molecule has 3 N–H and O–H groups in total. The molecule has 0 aliphatic carbocycles. The number of benzene rings is 2. The summed E-state index contributed by atoms with van der Waals surface area (Å²) >= 11 is 0. The number of anilines is 1. The van der Waals surface area contributed by atoms with Gasteiger partial charge in [0.15, 0.2) is 17.3 Å². The number of aromatic nitrogens is 4. The Labute approximate surface area is 156 Å². The summed E-state index contributed by atoms with van der Waals surface area (Å²) in [4.78, 5) is 13.0. The van der Waals surface area contributed by atoms with Crippen LogP contribution in [0.25, 0.3) is 0 Å². The highest BCUT2D eigenvalue weighted by Gasteiger charge is 2.26. The Morgan fingerprint density at radius 2 is 2.07 bits per heavy atom. The van der Waals surface area contributed by atoms with E-state index in [0.29, 0.717) is 18.0 Å². The Morgan fingerprint density at radius 3 is 2.78 bits per heavy atom. The minimum atomic E-state index is -0.655. The number of aryl methyl sites for hydroxylation is 2. The number of hydrogen-bond acceptors (Lipinski definition) is 6. The molecule has 0 bridgehead atoms. The number of phenolic OH excluding ortho intramolecular Hbond substituents is 1. The largest absolute Gasteiger partial charge is 0.504 e. The smallest absolute Gasteiger partial charge is 0.235 e. The molecule has 1 unspecified atom stereocenters. The molecule has 0 saturated heterocycles. The van der Waals surface area contributed by atoms with Gasteiger partial charge in [-0.3, -0.25) is 4.79 Å². The maximum atomic E-state index is 13.0. The Morgan fingerprint density at radius 1 is 1.26 bits per heavy atom. The van der Waals surface area contributed by atoms with Crippen LogP contribution in [0.1, 0.15) is 28.4 Å². The second kappa shape index (κ2) is 7.86. The number of aromatic hydroxyl groups is 1. The first-order valence-corrected chi connectivity index (χ1v) is 8.45. The average molecular weight is 367 g/mol. The molecule has 0 saturated carbocycles. The van der Waals surface area contributed by atoms with Gasteiger partial charge >= 0.3 is 0 Å². The zero-order valence-corrected chi connectivity index (χ0v) is 15.4. The number of carbonyl (C=O) groups is 1. The Balaban J connectivity index is 1.88.